The van der Waals surface area contributed by atoms with Crippen molar-refractivity contribution < 1.29 is 9.53 Å². The molecule has 6 nitrogen and oxygen atoms in total. The van der Waals surface area contributed by atoms with E-state index < -0.39 is 0 Å². The predicted molar refractivity (Wildman–Crippen MR) is 98.1 cm³/mol. The number of amides is 1. The van der Waals surface area contributed by atoms with Crippen LogP contribution < -0.4 is 10.1 Å². The lowest BCUT2D eigenvalue weighted by Gasteiger charge is -2.12. The molecule has 1 fully saturated rings. The molecule has 1 amide bonds. The van der Waals surface area contributed by atoms with Crippen LogP contribution in [0.15, 0.2) is 29.4 Å². The van der Waals surface area contributed by atoms with Crippen LogP contribution in [0.5, 0.6) is 5.75 Å². The maximum atomic E-state index is 12.2. The summed E-state index contributed by atoms with van der Waals surface area (Å²) in [7, 11) is 1.65. The van der Waals surface area contributed by atoms with Gasteiger partial charge in [-0.15, -0.1) is 10.2 Å². The first-order chi connectivity index (χ1) is 12.2. The van der Waals surface area contributed by atoms with Gasteiger partial charge in [-0.2, -0.15) is 0 Å². The molecule has 1 N–H and O–H groups in total. The molecule has 1 aromatic heterocycles. The molecule has 0 radical (unpaired) electrons. The van der Waals surface area contributed by atoms with Gasteiger partial charge in [0.25, 0.3) is 0 Å². The number of rotatable bonds is 7. The van der Waals surface area contributed by atoms with Crippen molar-refractivity contribution in [3.05, 3.63) is 30.1 Å². The number of benzene rings is 1. The van der Waals surface area contributed by atoms with Crippen molar-refractivity contribution in [3.63, 3.8) is 0 Å². The van der Waals surface area contributed by atoms with Crippen LogP contribution in [-0.4, -0.2) is 34.0 Å². The minimum Gasteiger partial charge on any atom is -0.497 e. The Balaban J connectivity index is 1.70. The fourth-order valence-electron chi connectivity index (χ4n) is 3.26. The number of thioether (sulfide) groups is 1. The maximum absolute atomic E-state index is 12.2. The quantitative estimate of drug-likeness (QED) is 0.768. The van der Waals surface area contributed by atoms with Gasteiger partial charge in [0.2, 0.25) is 5.91 Å². The molecule has 7 heteroatoms. The first-order valence-corrected chi connectivity index (χ1v) is 9.83. The standard InChI is InChI=1S/C18H24N4O2S/c1-24-15-9-7-14(8-10-15)22-16(20-21-18(22)25-2)12-19-17(23)11-13-5-3-4-6-13/h7-10,13H,3-6,11-12H2,1-2H3,(H,19,23). The van der Waals surface area contributed by atoms with E-state index in [1.165, 1.54) is 37.4 Å². The number of carbonyl (C=O) groups excluding carboxylic acids is 1. The summed E-state index contributed by atoms with van der Waals surface area (Å²) in [6.45, 7) is 0.380. The summed E-state index contributed by atoms with van der Waals surface area (Å²) in [6, 6.07) is 7.74. The summed E-state index contributed by atoms with van der Waals surface area (Å²) in [6.07, 6.45) is 7.43. The van der Waals surface area contributed by atoms with Crippen LogP contribution >= 0.6 is 11.8 Å². The van der Waals surface area contributed by atoms with Crippen molar-refractivity contribution in [1.29, 1.82) is 0 Å². The summed E-state index contributed by atoms with van der Waals surface area (Å²) < 4.78 is 7.19. The predicted octanol–water partition coefficient (Wildman–Crippen LogP) is 3.19. The molecule has 1 saturated carbocycles. The number of aromatic nitrogens is 3. The van der Waals surface area contributed by atoms with Crippen LogP contribution in [0.3, 0.4) is 0 Å². The van der Waals surface area contributed by atoms with Crippen molar-refractivity contribution in [2.24, 2.45) is 5.92 Å². The first-order valence-electron chi connectivity index (χ1n) is 8.60. The fraction of sp³-hybridized carbons (Fsp3) is 0.500. The van der Waals surface area contributed by atoms with Crippen LogP contribution in [0.2, 0.25) is 0 Å². The van der Waals surface area contributed by atoms with E-state index in [1.54, 1.807) is 7.11 Å². The molecule has 0 bridgehead atoms. The molecule has 1 aliphatic carbocycles. The maximum Gasteiger partial charge on any atom is 0.220 e. The van der Waals surface area contributed by atoms with Crippen molar-refractivity contribution in [1.82, 2.24) is 20.1 Å². The van der Waals surface area contributed by atoms with Crippen LogP contribution in [0.25, 0.3) is 5.69 Å². The Morgan fingerprint density at radius 1 is 1.28 bits per heavy atom. The molecule has 1 aromatic carbocycles. The number of hydrogen-bond donors (Lipinski definition) is 1. The molecule has 0 spiro atoms. The zero-order chi connectivity index (χ0) is 17.6. The second-order valence-electron chi connectivity index (χ2n) is 6.27. The highest BCUT2D eigenvalue weighted by atomic mass is 32.2. The summed E-state index contributed by atoms with van der Waals surface area (Å²) in [5, 5.41) is 12.3. The first kappa shape index (κ1) is 17.8. The van der Waals surface area contributed by atoms with Gasteiger partial charge in [-0.25, -0.2) is 0 Å². The van der Waals surface area contributed by atoms with Gasteiger partial charge in [0.1, 0.15) is 5.75 Å². The molecule has 0 unspecified atom stereocenters. The van der Waals surface area contributed by atoms with Gasteiger partial charge in [-0.3, -0.25) is 9.36 Å². The van der Waals surface area contributed by atoms with E-state index in [4.69, 9.17) is 4.74 Å². The van der Waals surface area contributed by atoms with E-state index in [9.17, 15) is 4.79 Å². The van der Waals surface area contributed by atoms with Gasteiger partial charge in [0, 0.05) is 12.1 Å². The lowest BCUT2D eigenvalue weighted by atomic mass is 10.0. The summed E-state index contributed by atoms with van der Waals surface area (Å²) >= 11 is 1.53. The van der Waals surface area contributed by atoms with Gasteiger partial charge in [-0.05, 0) is 49.3 Å². The van der Waals surface area contributed by atoms with Gasteiger partial charge < -0.3 is 10.1 Å². The van der Waals surface area contributed by atoms with Crippen LogP contribution in [-0.2, 0) is 11.3 Å². The molecule has 0 saturated heterocycles. The molecule has 1 heterocycles. The van der Waals surface area contributed by atoms with Crippen molar-refractivity contribution in [2.45, 2.75) is 43.8 Å². The molecular formula is C18H24N4O2S. The number of ether oxygens (including phenoxy) is 1. The minimum atomic E-state index is 0.0990. The molecule has 2 aromatic rings. The number of methoxy groups -OCH3 is 1. The third-order valence-electron chi connectivity index (χ3n) is 4.61. The van der Waals surface area contributed by atoms with Crippen molar-refractivity contribution in [3.8, 4) is 11.4 Å². The van der Waals surface area contributed by atoms with Crippen LogP contribution in [0.4, 0.5) is 0 Å². The fourth-order valence-corrected chi connectivity index (χ4v) is 3.78. The van der Waals surface area contributed by atoms with Crippen molar-refractivity contribution >= 4 is 17.7 Å². The Labute approximate surface area is 152 Å². The van der Waals surface area contributed by atoms with E-state index in [-0.39, 0.29) is 5.91 Å². The second-order valence-corrected chi connectivity index (χ2v) is 7.04. The smallest absolute Gasteiger partial charge is 0.220 e. The Hall–Kier alpha value is -2.02. The zero-order valence-electron chi connectivity index (χ0n) is 14.7. The summed E-state index contributed by atoms with van der Waals surface area (Å²) in [5.74, 6) is 2.17. The number of hydrogen-bond acceptors (Lipinski definition) is 5. The Bertz CT molecular complexity index is 708. The number of nitrogens with one attached hydrogen (secondary N) is 1. The molecule has 3 rings (SSSR count). The highest BCUT2D eigenvalue weighted by molar-refractivity contribution is 7.98. The lowest BCUT2D eigenvalue weighted by Crippen LogP contribution is -2.26. The second kappa shape index (κ2) is 8.38. The van der Waals surface area contributed by atoms with Gasteiger partial charge in [0.15, 0.2) is 11.0 Å². The Morgan fingerprint density at radius 2 is 2.00 bits per heavy atom. The minimum absolute atomic E-state index is 0.0990. The van der Waals surface area contributed by atoms with Gasteiger partial charge in [0.05, 0.1) is 13.7 Å². The largest absolute Gasteiger partial charge is 0.497 e. The normalized spacial score (nSPS) is 14.6. The number of nitrogens with zero attached hydrogens (tertiary/aromatic N) is 3. The van der Waals surface area contributed by atoms with E-state index in [1.807, 2.05) is 35.1 Å². The number of carbonyl (C=O) groups is 1. The van der Waals surface area contributed by atoms with Gasteiger partial charge in [-0.1, -0.05) is 24.6 Å². The van der Waals surface area contributed by atoms with Crippen LogP contribution in [0, 0.1) is 5.92 Å². The molecule has 1 aliphatic rings. The van der Waals surface area contributed by atoms with E-state index in [0.717, 1.165) is 22.4 Å². The Morgan fingerprint density at radius 3 is 2.64 bits per heavy atom. The summed E-state index contributed by atoms with van der Waals surface area (Å²) in [4.78, 5) is 12.2. The Kier molecular flexibility index (Phi) is 5.96. The van der Waals surface area contributed by atoms with Crippen LogP contribution in [0.1, 0.15) is 37.9 Å². The molecular weight excluding hydrogens is 336 g/mol. The summed E-state index contributed by atoms with van der Waals surface area (Å²) in [5.41, 5.74) is 0.954. The lowest BCUT2D eigenvalue weighted by molar-refractivity contribution is -0.122. The van der Waals surface area contributed by atoms with E-state index in [0.29, 0.717) is 18.9 Å². The SMILES string of the molecule is COc1ccc(-n2c(CNC(=O)CC3CCCC3)nnc2SC)cc1. The molecule has 134 valence electrons. The highest BCUT2D eigenvalue weighted by Gasteiger charge is 2.19. The average Bonchev–Trinajstić information content (AvgIpc) is 3.29. The topological polar surface area (TPSA) is 69.0 Å². The highest BCUT2D eigenvalue weighted by Crippen LogP contribution is 2.27. The molecule has 0 aliphatic heterocycles. The average molecular weight is 360 g/mol. The van der Waals surface area contributed by atoms with Crippen molar-refractivity contribution in [2.75, 3.05) is 13.4 Å². The zero-order valence-corrected chi connectivity index (χ0v) is 15.5. The molecule has 25 heavy (non-hydrogen) atoms. The monoisotopic (exact) mass is 360 g/mol. The van der Waals surface area contributed by atoms with Gasteiger partial charge >= 0.3 is 0 Å². The van der Waals surface area contributed by atoms with E-state index in [2.05, 4.69) is 15.5 Å². The third-order valence-corrected chi connectivity index (χ3v) is 5.24. The third kappa shape index (κ3) is 4.34. The van der Waals surface area contributed by atoms with E-state index >= 15 is 0 Å². The molecule has 0 atom stereocenters.